The maximum absolute atomic E-state index is 12.6. The first-order chi connectivity index (χ1) is 12.7. The summed E-state index contributed by atoms with van der Waals surface area (Å²) < 4.78 is 16.2. The average molecular weight is 358 g/mol. The third-order valence-corrected chi connectivity index (χ3v) is 5.02. The van der Waals surface area contributed by atoms with Gasteiger partial charge in [0, 0.05) is 25.4 Å². The number of pyridine rings is 1. The van der Waals surface area contributed by atoms with E-state index in [2.05, 4.69) is 15.5 Å². The molecule has 138 valence electrons. The quantitative estimate of drug-likeness (QED) is 0.893. The molecule has 0 aliphatic carbocycles. The van der Waals surface area contributed by atoms with E-state index in [1.54, 1.807) is 11.1 Å². The number of amides is 1. The summed E-state index contributed by atoms with van der Waals surface area (Å²) in [6, 6.07) is 7.62. The molecule has 4 heterocycles. The number of carbonyl (C=O) groups is 1. The highest BCUT2D eigenvalue weighted by Gasteiger charge is 2.45. The topological polar surface area (TPSA) is 89.7 Å². The van der Waals surface area contributed by atoms with E-state index in [4.69, 9.17) is 14.0 Å². The number of aromatic nitrogens is 2. The third-order valence-electron chi connectivity index (χ3n) is 5.02. The van der Waals surface area contributed by atoms with Gasteiger partial charge in [-0.15, -0.1) is 0 Å². The van der Waals surface area contributed by atoms with Crippen molar-refractivity contribution in [2.75, 3.05) is 32.1 Å². The van der Waals surface area contributed by atoms with Gasteiger partial charge in [-0.2, -0.15) is 0 Å². The van der Waals surface area contributed by atoms with Crippen LogP contribution in [0.15, 0.2) is 35.0 Å². The summed E-state index contributed by atoms with van der Waals surface area (Å²) in [6.45, 7) is 1.86. The molecular weight excluding hydrogens is 336 g/mol. The monoisotopic (exact) mass is 358 g/mol. The Kier molecular flexibility index (Phi) is 4.50. The lowest BCUT2D eigenvalue weighted by Gasteiger charge is -2.38. The molecule has 0 saturated carbocycles. The molecule has 2 saturated heterocycles. The minimum atomic E-state index is -0.315. The van der Waals surface area contributed by atoms with E-state index < -0.39 is 0 Å². The van der Waals surface area contributed by atoms with Gasteiger partial charge in [-0.1, -0.05) is 6.07 Å². The summed E-state index contributed by atoms with van der Waals surface area (Å²) in [5.74, 6) is 1.18. The number of methoxy groups -OCH3 is 1. The first kappa shape index (κ1) is 16.8. The predicted octanol–water partition coefficient (Wildman–Crippen LogP) is 1.95. The van der Waals surface area contributed by atoms with E-state index >= 15 is 0 Å². The Morgan fingerprint density at radius 3 is 3.15 bits per heavy atom. The van der Waals surface area contributed by atoms with Crippen molar-refractivity contribution < 1.29 is 18.8 Å². The van der Waals surface area contributed by atoms with Crippen LogP contribution < -0.4 is 10.1 Å². The number of nitrogens with one attached hydrogen (secondary N) is 1. The Morgan fingerprint density at radius 2 is 2.38 bits per heavy atom. The van der Waals surface area contributed by atoms with Crippen LogP contribution >= 0.6 is 0 Å². The van der Waals surface area contributed by atoms with Gasteiger partial charge in [0.15, 0.2) is 0 Å². The van der Waals surface area contributed by atoms with Crippen LogP contribution in [0.4, 0.5) is 5.82 Å². The highest BCUT2D eigenvalue weighted by molar-refractivity contribution is 5.92. The summed E-state index contributed by atoms with van der Waals surface area (Å²) in [5, 5.41) is 7.18. The van der Waals surface area contributed by atoms with Crippen LogP contribution in [0.3, 0.4) is 0 Å². The van der Waals surface area contributed by atoms with Gasteiger partial charge < -0.3 is 24.2 Å². The van der Waals surface area contributed by atoms with Gasteiger partial charge in [0.25, 0.3) is 11.8 Å². The summed E-state index contributed by atoms with van der Waals surface area (Å²) in [5.41, 5.74) is -0.315. The van der Waals surface area contributed by atoms with Crippen LogP contribution in [0.1, 0.15) is 29.8 Å². The zero-order valence-electron chi connectivity index (χ0n) is 14.7. The molecule has 2 aliphatic rings. The van der Waals surface area contributed by atoms with Crippen LogP contribution in [-0.4, -0.2) is 59.4 Å². The van der Waals surface area contributed by atoms with Crippen molar-refractivity contribution in [3.05, 3.63) is 36.2 Å². The molecule has 2 aliphatic heterocycles. The molecule has 0 aromatic carbocycles. The van der Waals surface area contributed by atoms with E-state index in [9.17, 15) is 4.79 Å². The standard InChI is InChI=1S/C18H22N4O4/c1-24-16-10-14(26-21-16)17(23)22-8-6-18(12-22)11-13(5-9-25-18)20-15-4-2-3-7-19-15/h2-4,7,10,13H,5-6,8-9,11-12H2,1H3,(H,19,20)/t13-,18-/m1/s1. The van der Waals surface area contributed by atoms with Crippen LogP contribution in [0.2, 0.25) is 0 Å². The van der Waals surface area contributed by atoms with Gasteiger partial charge in [0.2, 0.25) is 5.76 Å². The van der Waals surface area contributed by atoms with Gasteiger partial charge >= 0.3 is 0 Å². The molecular formula is C18H22N4O4. The summed E-state index contributed by atoms with van der Waals surface area (Å²) in [6.07, 6.45) is 4.35. The fourth-order valence-corrected chi connectivity index (χ4v) is 3.72. The van der Waals surface area contributed by atoms with Crippen LogP contribution in [0.25, 0.3) is 0 Å². The highest BCUT2D eigenvalue weighted by Crippen LogP contribution is 2.35. The van der Waals surface area contributed by atoms with Crippen molar-refractivity contribution in [2.45, 2.75) is 30.9 Å². The SMILES string of the molecule is COc1cc(C(=O)N2CC[C@@]3(C[C@H](Nc4ccccn4)CCO3)C2)on1. The van der Waals surface area contributed by atoms with E-state index in [1.165, 1.54) is 13.2 Å². The van der Waals surface area contributed by atoms with Crippen molar-refractivity contribution >= 4 is 11.7 Å². The van der Waals surface area contributed by atoms with E-state index in [0.29, 0.717) is 25.6 Å². The van der Waals surface area contributed by atoms with Gasteiger partial charge in [0.1, 0.15) is 5.82 Å². The number of anilines is 1. The Labute approximate surface area is 151 Å². The van der Waals surface area contributed by atoms with E-state index in [0.717, 1.165) is 25.1 Å². The van der Waals surface area contributed by atoms with E-state index in [1.807, 2.05) is 18.2 Å². The lowest BCUT2D eigenvalue weighted by atomic mass is 9.89. The molecule has 0 radical (unpaired) electrons. The van der Waals surface area contributed by atoms with Crippen LogP contribution in [0, 0.1) is 0 Å². The molecule has 4 rings (SSSR count). The third kappa shape index (κ3) is 3.37. The molecule has 2 atom stereocenters. The van der Waals surface area contributed by atoms with Crippen LogP contribution in [-0.2, 0) is 4.74 Å². The maximum atomic E-state index is 12.6. The number of likely N-dealkylation sites (tertiary alicyclic amines) is 1. The zero-order chi connectivity index (χ0) is 18.0. The second-order valence-electron chi connectivity index (χ2n) is 6.79. The predicted molar refractivity (Wildman–Crippen MR) is 93.1 cm³/mol. The fourth-order valence-electron chi connectivity index (χ4n) is 3.72. The van der Waals surface area contributed by atoms with Gasteiger partial charge in [-0.05, 0) is 36.6 Å². The molecule has 1 amide bonds. The number of carbonyl (C=O) groups excluding carboxylic acids is 1. The summed E-state index contributed by atoms with van der Waals surface area (Å²) >= 11 is 0. The van der Waals surface area contributed by atoms with Gasteiger partial charge in [-0.3, -0.25) is 4.79 Å². The molecule has 2 aromatic rings. The van der Waals surface area contributed by atoms with Crippen molar-refractivity contribution in [3.63, 3.8) is 0 Å². The molecule has 1 spiro atoms. The number of nitrogens with zero attached hydrogens (tertiary/aromatic N) is 3. The molecule has 26 heavy (non-hydrogen) atoms. The van der Waals surface area contributed by atoms with Crippen molar-refractivity contribution in [2.24, 2.45) is 0 Å². The summed E-state index contributed by atoms with van der Waals surface area (Å²) in [7, 11) is 1.49. The largest absolute Gasteiger partial charge is 0.479 e. The van der Waals surface area contributed by atoms with Crippen molar-refractivity contribution in [1.29, 1.82) is 0 Å². The molecule has 8 nitrogen and oxygen atoms in total. The Morgan fingerprint density at radius 1 is 1.46 bits per heavy atom. The smallest absolute Gasteiger partial charge is 0.292 e. The second kappa shape index (κ2) is 6.95. The van der Waals surface area contributed by atoms with Gasteiger partial charge in [0.05, 0.1) is 25.3 Å². The number of hydrogen-bond donors (Lipinski definition) is 1. The molecule has 8 heteroatoms. The maximum Gasteiger partial charge on any atom is 0.292 e. The van der Waals surface area contributed by atoms with Gasteiger partial charge in [-0.25, -0.2) is 4.98 Å². The molecule has 1 N–H and O–H groups in total. The average Bonchev–Trinajstić information content (AvgIpc) is 3.30. The Hall–Kier alpha value is -2.61. The molecule has 0 bridgehead atoms. The molecule has 0 unspecified atom stereocenters. The number of hydrogen-bond acceptors (Lipinski definition) is 7. The Bertz CT molecular complexity index is 766. The lowest BCUT2D eigenvalue weighted by Crippen LogP contribution is -2.47. The van der Waals surface area contributed by atoms with Crippen molar-refractivity contribution in [3.8, 4) is 5.88 Å². The van der Waals surface area contributed by atoms with Crippen LogP contribution in [0.5, 0.6) is 5.88 Å². The minimum absolute atomic E-state index is 0.180. The highest BCUT2D eigenvalue weighted by atomic mass is 16.5. The first-order valence-electron chi connectivity index (χ1n) is 8.79. The van der Waals surface area contributed by atoms with E-state index in [-0.39, 0.29) is 23.3 Å². The Balaban J connectivity index is 1.40. The molecule has 2 fully saturated rings. The number of ether oxygens (including phenoxy) is 2. The minimum Gasteiger partial charge on any atom is -0.479 e. The molecule has 2 aromatic heterocycles. The summed E-state index contributed by atoms with van der Waals surface area (Å²) in [4.78, 5) is 18.7. The zero-order valence-corrected chi connectivity index (χ0v) is 14.7. The number of rotatable bonds is 4. The second-order valence-corrected chi connectivity index (χ2v) is 6.79. The van der Waals surface area contributed by atoms with Crippen molar-refractivity contribution in [1.82, 2.24) is 15.0 Å². The fraction of sp³-hybridized carbons (Fsp3) is 0.500. The lowest BCUT2D eigenvalue weighted by molar-refractivity contribution is -0.0721. The normalized spacial score (nSPS) is 25.4. The first-order valence-corrected chi connectivity index (χ1v) is 8.79.